The van der Waals surface area contributed by atoms with Crippen LogP contribution in [0.15, 0.2) is 23.3 Å². The number of aliphatic hydroxyl groups excluding tert-OH is 1. The van der Waals surface area contributed by atoms with Gasteiger partial charge in [0.05, 0.1) is 24.2 Å². The second-order valence-corrected chi connectivity index (χ2v) is 19.2. The van der Waals surface area contributed by atoms with E-state index in [1.165, 1.54) is 43.0 Å². The standard InChI is InChI=1S/C32H49F2N5O4Si/c1-20-12-13-22(27(34)26(20)33)23-16-39(37-36-23)28-29(40)25(18-42-44(7,8)31(3,4)5)43-24(30(28)41-6)17-38-19-32(35-21(38)2)14-10-9-11-15-32/h12-13,16,24-25,28-30,40H,9-11,14-15,17-19H2,1-8H3/t24-,25-,28+,29+,30+/m1/s1. The van der Waals surface area contributed by atoms with Crippen LogP contribution in [-0.2, 0) is 13.9 Å². The van der Waals surface area contributed by atoms with Gasteiger partial charge in [-0.3, -0.25) is 4.99 Å². The summed E-state index contributed by atoms with van der Waals surface area (Å²) in [5.41, 5.74) is 0.340. The molecule has 12 heteroatoms. The van der Waals surface area contributed by atoms with E-state index in [2.05, 4.69) is 56.0 Å². The third-order valence-corrected chi connectivity index (χ3v) is 14.9. The van der Waals surface area contributed by atoms with E-state index in [4.69, 9.17) is 18.9 Å². The normalized spacial score (nSPS) is 27.7. The number of ether oxygens (including phenoxy) is 2. The van der Waals surface area contributed by atoms with Gasteiger partial charge in [-0.2, -0.15) is 0 Å². The van der Waals surface area contributed by atoms with Crippen LogP contribution in [0.3, 0.4) is 0 Å². The van der Waals surface area contributed by atoms with Gasteiger partial charge in [0.1, 0.15) is 36.2 Å². The molecule has 244 valence electrons. The molecule has 1 aromatic carbocycles. The second-order valence-electron chi connectivity index (χ2n) is 14.4. The second kappa shape index (κ2) is 12.5. The van der Waals surface area contributed by atoms with Gasteiger partial charge in [-0.1, -0.05) is 51.3 Å². The summed E-state index contributed by atoms with van der Waals surface area (Å²) in [6.07, 6.45) is 4.54. The van der Waals surface area contributed by atoms with Crippen LogP contribution in [0.4, 0.5) is 8.78 Å². The summed E-state index contributed by atoms with van der Waals surface area (Å²) in [7, 11) is -0.570. The Kier molecular flexibility index (Phi) is 9.41. The van der Waals surface area contributed by atoms with Crippen molar-refractivity contribution in [3.05, 3.63) is 35.5 Å². The van der Waals surface area contributed by atoms with Crippen molar-refractivity contribution in [3.63, 3.8) is 0 Å². The van der Waals surface area contributed by atoms with Crippen LogP contribution < -0.4 is 0 Å². The summed E-state index contributed by atoms with van der Waals surface area (Å²) in [4.78, 5) is 7.40. The van der Waals surface area contributed by atoms with Crippen molar-refractivity contribution in [3.8, 4) is 11.3 Å². The van der Waals surface area contributed by atoms with Gasteiger partial charge < -0.3 is 23.9 Å². The number of hydrogen-bond acceptors (Lipinski definition) is 8. The SMILES string of the molecule is CO[C@@H]1[C@@H](n2cc(-c3ccc(C)c(F)c3F)nn2)[C@@H](O)[C@@H](CO[Si](C)(C)C(C)(C)C)O[C@@H]1CN1CC2(CCCCC2)N=C1C. The van der Waals surface area contributed by atoms with Crippen LogP contribution in [0.2, 0.25) is 18.1 Å². The smallest absolute Gasteiger partial charge is 0.192 e. The number of aromatic nitrogens is 3. The van der Waals surface area contributed by atoms with Crippen LogP contribution in [0.5, 0.6) is 0 Å². The zero-order valence-electron chi connectivity index (χ0n) is 27.4. The first-order valence-electron chi connectivity index (χ1n) is 15.8. The van der Waals surface area contributed by atoms with Crippen molar-refractivity contribution in [1.82, 2.24) is 19.9 Å². The molecule has 0 bridgehead atoms. The predicted octanol–water partition coefficient (Wildman–Crippen LogP) is 5.67. The monoisotopic (exact) mass is 633 g/mol. The molecule has 44 heavy (non-hydrogen) atoms. The number of hydrogen-bond donors (Lipinski definition) is 1. The van der Waals surface area contributed by atoms with Gasteiger partial charge in [-0.15, -0.1) is 5.10 Å². The van der Waals surface area contributed by atoms with Gasteiger partial charge >= 0.3 is 0 Å². The fourth-order valence-corrected chi connectivity index (χ4v) is 7.62. The molecule has 3 heterocycles. The summed E-state index contributed by atoms with van der Waals surface area (Å²) in [5.74, 6) is -0.909. The van der Waals surface area contributed by atoms with E-state index in [0.29, 0.717) is 6.54 Å². The fraction of sp³-hybridized carbons (Fsp3) is 0.719. The number of aryl methyl sites for hydroxylation is 1. The molecule has 5 rings (SSSR count). The number of benzene rings is 1. The minimum Gasteiger partial charge on any atom is -0.414 e. The predicted molar refractivity (Wildman–Crippen MR) is 168 cm³/mol. The maximum Gasteiger partial charge on any atom is 0.192 e. The van der Waals surface area contributed by atoms with Gasteiger partial charge in [0, 0.05) is 25.8 Å². The average Bonchev–Trinajstić information content (AvgIpc) is 3.55. The van der Waals surface area contributed by atoms with E-state index in [1.54, 1.807) is 13.3 Å². The first kappa shape index (κ1) is 33.1. The maximum atomic E-state index is 14.9. The number of nitrogens with zero attached hydrogens (tertiary/aromatic N) is 5. The molecule has 0 amide bonds. The highest BCUT2D eigenvalue weighted by Crippen LogP contribution is 2.40. The quantitative estimate of drug-likeness (QED) is 0.374. The minimum absolute atomic E-state index is 0.00547. The number of methoxy groups -OCH3 is 1. The Bertz CT molecular complexity index is 1360. The van der Waals surface area contributed by atoms with Gasteiger partial charge in [-0.05, 0) is 56.5 Å². The molecule has 2 fully saturated rings. The molecule has 1 aliphatic carbocycles. The lowest BCUT2D eigenvalue weighted by molar-refractivity contribution is -0.213. The molecule has 1 saturated heterocycles. The van der Waals surface area contributed by atoms with Crippen molar-refractivity contribution in [2.45, 2.75) is 121 Å². The molecule has 0 unspecified atom stereocenters. The largest absolute Gasteiger partial charge is 0.414 e. The van der Waals surface area contributed by atoms with Gasteiger partial charge in [0.25, 0.3) is 0 Å². The van der Waals surface area contributed by atoms with E-state index in [0.717, 1.165) is 25.2 Å². The highest BCUT2D eigenvalue weighted by Gasteiger charge is 2.50. The third-order valence-electron chi connectivity index (χ3n) is 10.4. The van der Waals surface area contributed by atoms with Gasteiger partial charge in [0.15, 0.2) is 20.0 Å². The fourth-order valence-electron chi connectivity index (χ4n) is 6.61. The lowest BCUT2D eigenvalue weighted by Gasteiger charge is -2.46. The highest BCUT2D eigenvalue weighted by atomic mass is 28.4. The Hall–Kier alpha value is -2.25. The van der Waals surface area contributed by atoms with Crippen LogP contribution in [0.25, 0.3) is 11.3 Å². The van der Waals surface area contributed by atoms with E-state index in [1.807, 2.05) is 0 Å². The van der Waals surface area contributed by atoms with E-state index >= 15 is 0 Å². The zero-order valence-corrected chi connectivity index (χ0v) is 28.4. The molecular weight excluding hydrogens is 584 g/mol. The van der Waals surface area contributed by atoms with Crippen molar-refractivity contribution < 1.29 is 27.8 Å². The summed E-state index contributed by atoms with van der Waals surface area (Å²) >= 11 is 0. The number of rotatable bonds is 8. The number of aliphatic imine (C=N–C) groups is 1. The van der Waals surface area contributed by atoms with E-state index < -0.39 is 50.4 Å². The van der Waals surface area contributed by atoms with Crippen LogP contribution in [0.1, 0.15) is 71.4 Å². The average molecular weight is 634 g/mol. The Morgan fingerprint density at radius 3 is 2.45 bits per heavy atom. The molecule has 0 radical (unpaired) electrons. The molecule has 2 aliphatic heterocycles. The molecule has 3 aliphatic rings. The lowest BCUT2D eigenvalue weighted by Crippen LogP contribution is -2.60. The van der Waals surface area contributed by atoms with E-state index in [9.17, 15) is 13.9 Å². The van der Waals surface area contributed by atoms with E-state index in [-0.39, 0.29) is 34.0 Å². The Morgan fingerprint density at radius 2 is 1.80 bits per heavy atom. The van der Waals surface area contributed by atoms with Crippen LogP contribution >= 0.6 is 0 Å². The summed E-state index contributed by atoms with van der Waals surface area (Å²) in [6.45, 7) is 16.0. The topological polar surface area (TPSA) is 94.2 Å². The van der Waals surface area contributed by atoms with Gasteiger partial charge in [-0.25, -0.2) is 13.5 Å². The first-order chi connectivity index (χ1) is 20.7. The van der Waals surface area contributed by atoms with Crippen molar-refractivity contribution in [2.24, 2.45) is 4.99 Å². The summed E-state index contributed by atoms with van der Waals surface area (Å²) in [6, 6.07) is 2.29. The minimum atomic E-state index is -2.16. The molecule has 1 aromatic heterocycles. The molecule has 9 nitrogen and oxygen atoms in total. The van der Waals surface area contributed by atoms with Gasteiger partial charge in [0.2, 0.25) is 0 Å². The number of aliphatic hydroxyl groups is 1. The zero-order chi connectivity index (χ0) is 32.0. The molecule has 5 atom stereocenters. The molecular formula is C32H49F2N5O4Si. The highest BCUT2D eigenvalue weighted by molar-refractivity contribution is 6.74. The number of amidine groups is 1. The first-order valence-corrected chi connectivity index (χ1v) is 18.8. The van der Waals surface area contributed by atoms with Crippen LogP contribution in [0, 0.1) is 18.6 Å². The summed E-state index contributed by atoms with van der Waals surface area (Å²) < 4.78 is 50.0. The molecule has 1 spiro atoms. The molecule has 1 saturated carbocycles. The maximum absolute atomic E-state index is 14.9. The lowest BCUT2D eigenvalue weighted by atomic mass is 9.82. The van der Waals surface area contributed by atoms with Crippen molar-refractivity contribution >= 4 is 14.2 Å². The van der Waals surface area contributed by atoms with Crippen molar-refractivity contribution in [2.75, 3.05) is 26.8 Å². The van der Waals surface area contributed by atoms with Crippen molar-refractivity contribution in [1.29, 1.82) is 0 Å². The Balaban J connectivity index is 1.45. The Labute approximate surface area is 261 Å². The summed E-state index contributed by atoms with van der Waals surface area (Å²) in [5, 5.41) is 20.3. The molecule has 1 N–H and O–H groups in total. The third kappa shape index (κ3) is 6.38. The molecule has 2 aromatic rings. The Morgan fingerprint density at radius 1 is 1.09 bits per heavy atom. The number of halogens is 2. The van der Waals surface area contributed by atoms with Crippen LogP contribution in [-0.4, -0.2) is 95.9 Å².